The van der Waals surface area contributed by atoms with Crippen molar-refractivity contribution >= 4 is 6.03 Å². The molecule has 138 valence electrons. The molecule has 2 heterocycles. The van der Waals surface area contributed by atoms with E-state index >= 15 is 0 Å². The number of carbonyl (C=O) groups excluding carboxylic acids is 1. The summed E-state index contributed by atoms with van der Waals surface area (Å²) in [7, 11) is 2.11. The molecule has 2 saturated heterocycles. The van der Waals surface area contributed by atoms with E-state index in [4.69, 9.17) is 0 Å². The van der Waals surface area contributed by atoms with E-state index in [0.717, 1.165) is 45.7 Å². The van der Waals surface area contributed by atoms with Crippen LogP contribution < -0.4 is 5.32 Å². The summed E-state index contributed by atoms with van der Waals surface area (Å²) in [5, 5.41) is 3.14. The van der Waals surface area contributed by atoms with Crippen molar-refractivity contribution in [3.05, 3.63) is 35.9 Å². The molecule has 0 aromatic heterocycles. The normalized spacial score (nSPS) is 22.8. The molecule has 2 amide bonds. The van der Waals surface area contributed by atoms with Crippen molar-refractivity contribution in [3.63, 3.8) is 0 Å². The number of rotatable bonds is 5. The highest BCUT2D eigenvalue weighted by Crippen LogP contribution is 2.21. The maximum atomic E-state index is 12.3. The molecular formula is C20H32N4O. The van der Waals surface area contributed by atoms with Gasteiger partial charge >= 0.3 is 6.03 Å². The molecule has 1 atom stereocenters. The summed E-state index contributed by atoms with van der Waals surface area (Å²) in [6.07, 6.45) is 4.89. The lowest BCUT2D eigenvalue weighted by molar-refractivity contribution is 0.129. The summed E-state index contributed by atoms with van der Waals surface area (Å²) in [6, 6.07) is 11.4. The molecule has 3 rings (SSSR count). The number of nitrogens with one attached hydrogen (secondary N) is 1. The minimum atomic E-state index is 0.110. The molecule has 1 N–H and O–H groups in total. The van der Waals surface area contributed by atoms with Crippen LogP contribution in [0.2, 0.25) is 0 Å². The first-order valence-corrected chi connectivity index (χ1v) is 9.71. The van der Waals surface area contributed by atoms with Gasteiger partial charge in [-0.05, 0) is 38.4 Å². The third-order valence-electron chi connectivity index (χ3n) is 5.52. The molecule has 2 fully saturated rings. The largest absolute Gasteiger partial charge is 0.338 e. The Bertz CT molecular complexity index is 528. The van der Waals surface area contributed by atoms with Crippen molar-refractivity contribution in [1.82, 2.24) is 20.0 Å². The third-order valence-corrected chi connectivity index (χ3v) is 5.52. The van der Waals surface area contributed by atoms with Crippen LogP contribution in [0.1, 0.15) is 31.2 Å². The number of amides is 2. The Kier molecular flexibility index (Phi) is 6.70. The fraction of sp³-hybridized carbons (Fsp3) is 0.650. The number of piperidine rings is 1. The van der Waals surface area contributed by atoms with E-state index in [1.54, 1.807) is 0 Å². The molecule has 0 bridgehead atoms. The zero-order valence-corrected chi connectivity index (χ0v) is 15.5. The summed E-state index contributed by atoms with van der Waals surface area (Å²) in [5.74, 6) is 0. The summed E-state index contributed by atoms with van der Waals surface area (Å²) < 4.78 is 0. The highest BCUT2D eigenvalue weighted by Gasteiger charge is 2.23. The van der Waals surface area contributed by atoms with Gasteiger partial charge in [0.15, 0.2) is 0 Å². The van der Waals surface area contributed by atoms with Gasteiger partial charge in [-0.3, -0.25) is 4.90 Å². The van der Waals surface area contributed by atoms with E-state index < -0.39 is 0 Å². The lowest BCUT2D eigenvalue weighted by atomic mass is 9.98. The van der Waals surface area contributed by atoms with E-state index in [9.17, 15) is 4.79 Å². The second kappa shape index (κ2) is 9.20. The Balaban J connectivity index is 1.43. The smallest absolute Gasteiger partial charge is 0.317 e. The zero-order valence-electron chi connectivity index (χ0n) is 15.5. The van der Waals surface area contributed by atoms with Gasteiger partial charge in [0.2, 0.25) is 0 Å². The lowest BCUT2D eigenvalue weighted by Crippen LogP contribution is -2.51. The zero-order chi connectivity index (χ0) is 17.5. The van der Waals surface area contributed by atoms with Crippen molar-refractivity contribution in [2.45, 2.75) is 38.3 Å². The molecule has 2 aliphatic heterocycles. The van der Waals surface area contributed by atoms with E-state index in [2.05, 4.69) is 52.5 Å². The second-order valence-electron chi connectivity index (χ2n) is 7.42. The van der Waals surface area contributed by atoms with Crippen molar-refractivity contribution in [3.8, 4) is 0 Å². The summed E-state index contributed by atoms with van der Waals surface area (Å²) in [6.45, 7) is 6.60. The van der Waals surface area contributed by atoms with Crippen molar-refractivity contribution < 1.29 is 4.79 Å². The van der Waals surface area contributed by atoms with Gasteiger partial charge in [-0.15, -0.1) is 0 Å². The lowest BCUT2D eigenvalue weighted by Gasteiger charge is -2.36. The number of urea groups is 1. The first-order chi connectivity index (χ1) is 12.2. The molecule has 1 aromatic rings. The van der Waals surface area contributed by atoms with Gasteiger partial charge in [0.05, 0.1) is 0 Å². The molecule has 0 radical (unpaired) electrons. The Labute approximate surface area is 152 Å². The van der Waals surface area contributed by atoms with Crippen LogP contribution in [0.25, 0.3) is 0 Å². The number of likely N-dealkylation sites (tertiary alicyclic amines) is 1. The summed E-state index contributed by atoms with van der Waals surface area (Å²) in [4.78, 5) is 19.1. The van der Waals surface area contributed by atoms with Crippen LogP contribution in [-0.2, 0) is 6.54 Å². The van der Waals surface area contributed by atoms with Crippen LogP contribution >= 0.6 is 0 Å². The van der Waals surface area contributed by atoms with Crippen LogP contribution in [-0.4, -0.2) is 73.1 Å². The minimum Gasteiger partial charge on any atom is -0.338 e. The summed E-state index contributed by atoms with van der Waals surface area (Å²) >= 11 is 0. The van der Waals surface area contributed by atoms with Crippen LogP contribution in [0.5, 0.6) is 0 Å². The van der Waals surface area contributed by atoms with Gasteiger partial charge in [-0.25, -0.2) is 4.79 Å². The van der Waals surface area contributed by atoms with E-state index in [1.165, 1.54) is 31.4 Å². The quantitative estimate of drug-likeness (QED) is 0.891. The average molecular weight is 345 g/mol. The highest BCUT2D eigenvalue weighted by molar-refractivity contribution is 5.74. The van der Waals surface area contributed by atoms with Gasteiger partial charge in [-0.1, -0.05) is 36.8 Å². The van der Waals surface area contributed by atoms with E-state index in [0.29, 0.717) is 6.04 Å². The number of carbonyl (C=O) groups is 1. The van der Waals surface area contributed by atoms with Gasteiger partial charge in [-0.2, -0.15) is 0 Å². The second-order valence-corrected chi connectivity index (χ2v) is 7.42. The first-order valence-electron chi connectivity index (χ1n) is 9.71. The van der Waals surface area contributed by atoms with Gasteiger partial charge in [0.1, 0.15) is 0 Å². The Morgan fingerprint density at radius 3 is 2.60 bits per heavy atom. The molecule has 0 unspecified atom stereocenters. The van der Waals surface area contributed by atoms with Gasteiger partial charge in [0.25, 0.3) is 0 Å². The minimum absolute atomic E-state index is 0.110. The molecule has 0 saturated carbocycles. The fourth-order valence-corrected chi connectivity index (χ4v) is 3.88. The van der Waals surface area contributed by atoms with Crippen molar-refractivity contribution in [1.29, 1.82) is 0 Å². The number of hydrogen-bond acceptors (Lipinski definition) is 3. The van der Waals surface area contributed by atoms with Crippen LogP contribution in [0.3, 0.4) is 0 Å². The van der Waals surface area contributed by atoms with E-state index in [-0.39, 0.29) is 6.03 Å². The molecule has 25 heavy (non-hydrogen) atoms. The molecule has 2 aliphatic rings. The molecule has 0 spiro atoms. The topological polar surface area (TPSA) is 38.8 Å². The predicted octanol–water partition coefficient (Wildman–Crippen LogP) is 2.39. The van der Waals surface area contributed by atoms with Crippen LogP contribution in [0, 0.1) is 0 Å². The molecule has 1 aromatic carbocycles. The Morgan fingerprint density at radius 2 is 1.84 bits per heavy atom. The number of nitrogens with zero attached hydrogens (tertiary/aromatic N) is 3. The number of benzene rings is 1. The van der Waals surface area contributed by atoms with E-state index in [1.807, 2.05) is 4.90 Å². The van der Waals surface area contributed by atoms with Gasteiger partial charge < -0.3 is 15.1 Å². The Hall–Kier alpha value is -1.59. The molecule has 5 heteroatoms. The molecule has 5 nitrogen and oxygen atoms in total. The van der Waals surface area contributed by atoms with Crippen LogP contribution in [0.4, 0.5) is 4.79 Å². The molecule has 0 aliphatic carbocycles. The first kappa shape index (κ1) is 18.2. The third kappa shape index (κ3) is 5.44. The average Bonchev–Trinajstić information content (AvgIpc) is 2.64. The predicted molar refractivity (Wildman–Crippen MR) is 102 cm³/mol. The standard InChI is InChI=1S/C20H32N4O/c1-22-13-15-23(16-14-22)20(25)21-11-10-19-9-5-6-12-24(19)17-18-7-3-2-4-8-18/h2-4,7-8,19H,5-6,9-17H2,1H3,(H,21,25)/t19-/m0/s1. The van der Waals surface area contributed by atoms with Crippen molar-refractivity contribution in [2.24, 2.45) is 0 Å². The van der Waals surface area contributed by atoms with Crippen LogP contribution in [0.15, 0.2) is 30.3 Å². The number of hydrogen-bond donors (Lipinski definition) is 1. The monoisotopic (exact) mass is 344 g/mol. The number of likely N-dealkylation sites (N-methyl/N-ethyl adjacent to an activating group) is 1. The van der Waals surface area contributed by atoms with Crippen molar-refractivity contribution in [2.75, 3.05) is 46.3 Å². The number of piperazine rings is 1. The summed E-state index contributed by atoms with van der Waals surface area (Å²) in [5.41, 5.74) is 1.39. The highest BCUT2D eigenvalue weighted by atomic mass is 16.2. The SMILES string of the molecule is CN1CCN(C(=O)NCC[C@@H]2CCCCN2Cc2ccccc2)CC1. The maximum Gasteiger partial charge on any atom is 0.317 e. The molecular weight excluding hydrogens is 312 g/mol. The maximum absolute atomic E-state index is 12.3. The van der Waals surface area contributed by atoms with Gasteiger partial charge in [0, 0.05) is 45.3 Å². The fourth-order valence-electron chi connectivity index (χ4n) is 3.88. The Morgan fingerprint density at radius 1 is 1.08 bits per heavy atom.